The summed E-state index contributed by atoms with van der Waals surface area (Å²) in [7, 11) is 2.84. The van der Waals surface area contributed by atoms with E-state index < -0.39 is 11.9 Å². The van der Waals surface area contributed by atoms with Crippen LogP contribution in [0.5, 0.6) is 0 Å². The number of hydrogen-bond acceptors (Lipinski definition) is 5. The maximum absolute atomic E-state index is 13.2. The molecule has 10 nitrogen and oxygen atoms in total. The predicted octanol–water partition coefficient (Wildman–Crippen LogP) is 8.38. The Morgan fingerprint density at radius 1 is 0.667 bits per heavy atom. The zero-order valence-corrected chi connectivity index (χ0v) is 30.4. The predicted molar refractivity (Wildman–Crippen MR) is 214 cm³/mol. The molecule has 0 aliphatic carbocycles. The molecule has 54 heavy (non-hydrogen) atoms. The third-order valence-corrected chi connectivity index (χ3v) is 11.6. The Kier molecular flexibility index (Phi) is 8.56. The van der Waals surface area contributed by atoms with Gasteiger partial charge in [0.15, 0.2) is 0 Å². The molecule has 1 aliphatic heterocycles. The van der Waals surface area contributed by atoms with Crippen molar-refractivity contribution in [2.75, 3.05) is 40.4 Å². The molecule has 1 fully saturated rings. The summed E-state index contributed by atoms with van der Waals surface area (Å²) in [6.45, 7) is 3.12. The Bertz CT molecular complexity index is 2570. The number of methoxy groups -OCH3 is 2. The first-order chi connectivity index (χ1) is 26.5. The van der Waals surface area contributed by atoms with Crippen LogP contribution in [0.2, 0.25) is 0 Å². The lowest BCUT2D eigenvalue weighted by Gasteiger charge is -2.49. The van der Waals surface area contributed by atoms with Crippen molar-refractivity contribution in [3.05, 3.63) is 132 Å². The average molecular weight is 720 g/mol. The van der Waals surface area contributed by atoms with Crippen molar-refractivity contribution >= 4 is 66.9 Å². The van der Waals surface area contributed by atoms with Gasteiger partial charge in [0.2, 0.25) is 0 Å². The molecule has 1 saturated heterocycles. The number of nitrogens with one attached hydrogen (secondary N) is 4. The van der Waals surface area contributed by atoms with Gasteiger partial charge in [-0.25, -0.2) is 9.59 Å². The Hall–Kier alpha value is -6.10. The SMILES string of the molecule is COC(=O)c1cc([N+]2(c3cc(C(=O)OC)cc4[nH]ccc34)CCN(CCc3c[nH]c4ccccc34)C(CCc3c[nH]c4ccccc34)C2)c2cc[nH]c2c1. The molecule has 0 spiro atoms. The average Bonchev–Trinajstić information content (AvgIpc) is 4.04. The summed E-state index contributed by atoms with van der Waals surface area (Å²) in [5.74, 6) is -0.788. The van der Waals surface area contributed by atoms with Crippen LogP contribution < -0.4 is 4.48 Å². The zero-order valence-electron chi connectivity index (χ0n) is 30.4. The lowest BCUT2D eigenvalue weighted by Crippen LogP contribution is -2.62. The van der Waals surface area contributed by atoms with Crippen molar-refractivity contribution in [2.45, 2.75) is 25.3 Å². The molecule has 0 radical (unpaired) electrons. The smallest absolute Gasteiger partial charge is 0.338 e. The number of esters is 2. The van der Waals surface area contributed by atoms with Gasteiger partial charge in [-0.2, -0.15) is 0 Å². The van der Waals surface area contributed by atoms with Crippen molar-refractivity contribution in [3.63, 3.8) is 0 Å². The van der Waals surface area contributed by atoms with E-state index in [1.165, 1.54) is 36.1 Å². The van der Waals surface area contributed by atoms with Crippen LogP contribution in [-0.4, -0.2) is 83.2 Å². The number of aromatic nitrogens is 4. The number of fused-ring (bicyclic) bond motifs is 4. The van der Waals surface area contributed by atoms with Gasteiger partial charge in [0.25, 0.3) is 0 Å². The second-order valence-electron chi connectivity index (χ2n) is 14.4. The number of para-hydroxylation sites is 2. The number of quaternary nitrogens is 1. The fourth-order valence-corrected chi connectivity index (χ4v) is 8.92. The molecule has 10 heteroatoms. The third-order valence-electron chi connectivity index (χ3n) is 11.6. The van der Waals surface area contributed by atoms with E-state index in [1.54, 1.807) is 0 Å². The number of hydrogen-bond donors (Lipinski definition) is 4. The second kappa shape index (κ2) is 13.7. The van der Waals surface area contributed by atoms with E-state index in [9.17, 15) is 9.59 Å². The molecule has 4 aromatic carbocycles. The van der Waals surface area contributed by atoms with E-state index in [1.807, 2.05) is 36.7 Å². The minimum atomic E-state index is -0.394. The molecule has 4 aromatic heterocycles. The molecule has 8 aromatic rings. The molecule has 9 rings (SSSR count). The van der Waals surface area contributed by atoms with Crippen LogP contribution in [0.1, 0.15) is 38.3 Å². The number of aromatic amines is 4. The van der Waals surface area contributed by atoms with Crippen LogP contribution in [0.15, 0.2) is 110 Å². The molecule has 1 unspecified atom stereocenters. The van der Waals surface area contributed by atoms with Gasteiger partial charge in [-0.05, 0) is 66.8 Å². The summed E-state index contributed by atoms with van der Waals surface area (Å²) in [6.07, 6.45) is 10.9. The maximum atomic E-state index is 13.2. The fraction of sp³-hybridized carbons (Fsp3) is 0.227. The summed E-state index contributed by atoms with van der Waals surface area (Å²) in [5, 5.41) is 4.56. The molecule has 1 atom stereocenters. The molecule has 0 bridgehead atoms. The fourth-order valence-electron chi connectivity index (χ4n) is 8.92. The second-order valence-corrected chi connectivity index (χ2v) is 14.4. The lowest BCUT2D eigenvalue weighted by molar-refractivity contribution is 0.0592. The molecule has 5 heterocycles. The standard InChI is InChI=1S/C44H42N6O4/c1-53-43(51)30-21-39-35(13-16-45-39)41(23-30)50(42-24-31(44(52)54-2)22-40-36(42)14-17-46-40)20-19-49(18-15-29-26-48-38-10-6-4-8-34(29)38)32(27-50)12-11-28-25-47-37-9-5-3-7-33(28)37/h3-10,13-14,16-17,21-26,32,47-48H,11-12,15,18-20,27H2,1-2H3,(H-,45,46,51,52)/p+1. The first kappa shape index (κ1) is 33.7. The monoisotopic (exact) mass is 719 g/mol. The van der Waals surface area contributed by atoms with Crippen molar-refractivity contribution in [3.8, 4) is 0 Å². The van der Waals surface area contributed by atoms with Gasteiger partial charge >= 0.3 is 11.9 Å². The van der Waals surface area contributed by atoms with Crippen molar-refractivity contribution in [2.24, 2.45) is 0 Å². The van der Waals surface area contributed by atoms with E-state index in [0.29, 0.717) is 28.7 Å². The number of rotatable bonds is 10. The number of ether oxygens (including phenoxy) is 2. The van der Waals surface area contributed by atoms with Gasteiger partial charge in [-0.1, -0.05) is 36.4 Å². The van der Waals surface area contributed by atoms with Crippen molar-refractivity contribution in [1.82, 2.24) is 29.3 Å². The number of nitrogens with zero attached hydrogens (tertiary/aromatic N) is 2. The zero-order chi connectivity index (χ0) is 36.8. The first-order valence-corrected chi connectivity index (χ1v) is 18.6. The van der Waals surface area contributed by atoms with Gasteiger partial charge in [-0.3, -0.25) is 9.38 Å². The number of carbonyl (C=O) groups is 2. The van der Waals surface area contributed by atoms with Gasteiger partial charge in [-0.15, -0.1) is 0 Å². The maximum Gasteiger partial charge on any atom is 0.338 e. The Labute approximate surface area is 312 Å². The minimum Gasteiger partial charge on any atom is -0.465 e. The molecule has 272 valence electrons. The van der Waals surface area contributed by atoms with Crippen LogP contribution in [0.25, 0.3) is 43.6 Å². The molecular weight excluding hydrogens is 677 g/mol. The van der Waals surface area contributed by atoms with E-state index in [4.69, 9.17) is 9.47 Å². The topological polar surface area (TPSA) is 119 Å². The summed E-state index contributed by atoms with van der Waals surface area (Å²) >= 11 is 0. The highest BCUT2D eigenvalue weighted by atomic mass is 16.5. The van der Waals surface area contributed by atoms with E-state index in [-0.39, 0.29) is 6.04 Å². The Morgan fingerprint density at radius 2 is 1.20 bits per heavy atom. The summed E-state index contributed by atoms with van der Waals surface area (Å²) in [4.78, 5) is 42.8. The van der Waals surface area contributed by atoms with Crippen molar-refractivity contribution < 1.29 is 19.1 Å². The highest BCUT2D eigenvalue weighted by molar-refractivity contribution is 6.05. The number of aryl methyl sites for hydroxylation is 1. The Morgan fingerprint density at radius 3 is 1.76 bits per heavy atom. The molecule has 1 aliphatic rings. The minimum absolute atomic E-state index is 0.143. The summed E-state index contributed by atoms with van der Waals surface area (Å²) < 4.78 is 11.0. The number of carbonyl (C=O) groups excluding carboxylic acids is 2. The molecular formula is C44H43N6O4+. The number of H-pyrrole nitrogens is 4. The van der Waals surface area contributed by atoms with E-state index in [0.717, 1.165) is 76.6 Å². The summed E-state index contributed by atoms with van der Waals surface area (Å²) in [5.41, 5.74) is 9.56. The van der Waals surface area contributed by atoms with Crippen molar-refractivity contribution in [1.29, 1.82) is 0 Å². The summed E-state index contributed by atoms with van der Waals surface area (Å²) in [6, 6.07) is 29.0. The number of piperazine rings is 1. The number of benzene rings is 4. The van der Waals surface area contributed by atoms with E-state index >= 15 is 0 Å². The van der Waals surface area contributed by atoms with E-state index in [2.05, 4.69) is 97.9 Å². The quantitative estimate of drug-likeness (QED) is 0.0837. The highest BCUT2D eigenvalue weighted by Crippen LogP contribution is 2.46. The largest absolute Gasteiger partial charge is 0.465 e. The lowest BCUT2D eigenvalue weighted by atomic mass is 9.95. The normalized spacial score (nSPS) is 16.1. The first-order valence-electron chi connectivity index (χ1n) is 18.6. The molecule has 0 saturated carbocycles. The Balaban J connectivity index is 1.20. The van der Waals surface area contributed by atoms with Gasteiger partial charge < -0.3 is 29.4 Å². The molecule has 4 N–H and O–H groups in total. The van der Waals surface area contributed by atoms with Crippen LogP contribution >= 0.6 is 0 Å². The van der Waals surface area contributed by atoms with Gasteiger partial charge in [0.1, 0.15) is 24.5 Å². The van der Waals surface area contributed by atoms with Gasteiger partial charge in [0.05, 0.1) is 53.2 Å². The highest BCUT2D eigenvalue weighted by Gasteiger charge is 2.45. The van der Waals surface area contributed by atoms with Crippen LogP contribution in [0.4, 0.5) is 11.4 Å². The van der Waals surface area contributed by atoms with Crippen LogP contribution in [-0.2, 0) is 22.3 Å². The third kappa shape index (κ3) is 5.75. The van der Waals surface area contributed by atoms with Gasteiger partial charge in [0, 0.05) is 71.8 Å². The van der Waals surface area contributed by atoms with Crippen LogP contribution in [0, 0.1) is 0 Å². The van der Waals surface area contributed by atoms with Crippen LogP contribution in [0.3, 0.4) is 0 Å². The molecule has 0 amide bonds.